The van der Waals surface area contributed by atoms with E-state index in [9.17, 15) is 9.90 Å². The van der Waals surface area contributed by atoms with Crippen LogP contribution >= 0.6 is 15.9 Å². The highest BCUT2D eigenvalue weighted by Crippen LogP contribution is 2.33. The van der Waals surface area contributed by atoms with Crippen LogP contribution in [-0.2, 0) is 6.61 Å². The zero-order chi connectivity index (χ0) is 17.7. The maximum Gasteiger partial charge on any atom is 0.339 e. The lowest BCUT2D eigenvalue weighted by atomic mass is 9.96. The van der Waals surface area contributed by atoms with Gasteiger partial charge in [-0.15, -0.1) is 0 Å². The molecule has 0 aliphatic carbocycles. The monoisotopic (exact) mass is 392 g/mol. The number of rotatable bonds is 7. The van der Waals surface area contributed by atoms with Gasteiger partial charge in [0.2, 0.25) is 0 Å². The average molecular weight is 393 g/mol. The van der Waals surface area contributed by atoms with Crippen LogP contribution in [0.1, 0.15) is 54.1 Å². The third-order valence-electron chi connectivity index (χ3n) is 3.95. The highest BCUT2D eigenvalue weighted by molar-refractivity contribution is 9.10. The summed E-state index contributed by atoms with van der Waals surface area (Å²) >= 11 is 3.27. The molecule has 2 aromatic rings. The van der Waals surface area contributed by atoms with Gasteiger partial charge in [-0.3, -0.25) is 0 Å². The van der Waals surface area contributed by atoms with Gasteiger partial charge in [0.15, 0.2) is 0 Å². The Morgan fingerprint density at radius 3 is 2.50 bits per heavy atom. The molecule has 0 spiro atoms. The van der Waals surface area contributed by atoms with E-state index in [0.717, 1.165) is 18.4 Å². The molecule has 2 rings (SSSR count). The number of benzene rings is 2. The first kappa shape index (κ1) is 18.3. The van der Waals surface area contributed by atoms with Crippen LogP contribution in [-0.4, -0.2) is 16.2 Å². The van der Waals surface area contributed by atoms with E-state index in [4.69, 9.17) is 9.84 Å². The molecule has 128 valence electrons. The van der Waals surface area contributed by atoms with Crippen LogP contribution in [0.5, 0.6) is 11.5 Å². The fourth-order valence-electron chi connectivity index (χ4n) is 2.53. The summed E-state index contributed by atoms with van der Waals surface area (Å²) < 4.78 is 6.18. The molecule has 0 amide bonds. The quantitative estimate of drug-likeness (QED) is 0.667. The zero-order valence-electron chi connectivity index (χ0n) is 13.8. The zero-order valence-corrected chi connectivity index (χ0v) is 15.3. The summed E-state index contributed by atoms with van der Waals surface area (Å²) in [6, 6.07) is 10.9. The van der Waals surface area contributed by atoms with Gasteiger partial charge in [0.25, 0.3) is 0 Å². The van der Waals surface area contributed by atoms with Crippen molar-refractivity contribution in [3.8, 4) is 11.5 Å². The lowest BCUT2D eigenvalue weighted by molar-refractivity contribution is 0.0693. The van der Waals surface area contributed by atoms with Crippen molar-refractivity contribution in [2.45, 2.75) is 39.2 Å². The molecule has 1 unspecified atom stereocenters. The molecule has 0 bridgehead atoms. The van der Waals surface area contributed by atoms with Crippen LogP contribution in [0.3, 0.4) is 0 Å². The first-order valence-corrected chi connectivity index (χ1v) is 8.69. The van der Waals surface area contributed by atoms with Crippen molar-refractivity contribution in [3.05, 3.63) is 57.6 Å². The maximum absolute atomic E-state index is 11.0. The molecular formula is C19H21BrO4. The summed E-state index contributed by atoms with van der Waals surface area (Å²) in [5.74, 6) is -0.554. The smallest absolute Gasteiger partial charge is 0.339 e. The van der Waals surface area contributed by atoms with Gasteiger partial charge in [0.1, 0.15) is 23.7 Å². The molecule has 0 aliphatic heterocycles. The lowest BCUT2D eigenvalue weighted by Gasteiger charge is -2.13. The van der Waals surface area contributed by atoms with Crippen LogP contribution < -0.4 is 4.74 Å². The minimum Gasteiger partial charge on any atom is -0.507 e. The number of aromatic carboxylic acids is 1. The van der Waals surface area contributed by atoms with E-state index in [1.54, 1.807) is 0 Å². The predicted octanol–water partition coefficient (Wildman–Crippen LogP) is 5.34. The Balaban J connectivity index is 2.06. The van der Waals surface area contributed by atoms with E-state index < -0.39 is 5.97 Å². The van der Waals surface area contributed by atoms with Gasteiger partial charge < -0.3 is 14.9 Å². The van der Waals surface area contributed by atoms with Gasteiger partial charge in [0, 0.05) is 6.07 Å². The topological polar surface area (TPSA) is 66.8 Å². The third kappa shape index (κ3) is 4.51. The van der Waals surface area contributed by atoms with Crippen LogP contribution in [0.15, 0.2) is 40.9 Å². The number of halogens is 1. The molecule has 24 heavy (non-hydrogen) atoms. The second-order valence-electron chi connectivity index (χ2n) is 5.82. The fourth-order valence-corrected chi connectivity index (χ4v) is 2.99. The largest absolute Gasteiger partial charge is 0.507 e. The van der Waals surface area contributed by atoms with E-state index in [1.807, 2.05) is 12.1 Å². The normalized spacial score (nSPS) is 12.0. The molecule has 0 radical (unpaired) electrons. The number of ether oxygens (including phenoxy) is 1. The standard InChI is InChI=1S/C19H21BrO4/c1-3-4-12(2)14-7-5-13(6-8-14)11-24-18-10-17(21)15(19(22)23)9-16(18)20/h5-10,12,21H,3-4,11H2,1-2H3,(H,22,23). The second-order valence-corrected chi connectivity index (χ2v) is 6.68. The van der Waals surface area contributed by atoms with Crippen LogP contribution in [0.25, 0.3) is 0 Å². The lowest BCUT2D eigenvalue weighted by Crippen LogP contribution is -2.00. The summed E-state index contributed by atoms with van der Waals surface area (Å²) in [5, 5.41) is 18.7. The molecule has 0 saturated heterocycles. The van der Waals surface area contributed by atoms with E-state index in [-0.39, 0.29) is 11.3 Å². The van der Waals surface area contributed by atoms with Crippen LogP contribution in [0.4, 0.5) is 0 Å². The summed E-state index contributed by atoms with van der Waals surface area (Å²) in [6.45, 7) is 4.74. The molecule has 4 nitrogen and oxygen atoms in total. The summed E-state index contributed by atoms with van der Waals surface area (Å²) in [4.78, 5) is 11.0. The Hall–Kier alpha value is -2.01. The van der Waals surface area contributed by atoms with Gasteiger partial charge in [-0.25, -0.2) is 4.79 Å². The Bertz CT molecular complexity index is 710. The molecule has 5 heteroatoms. The first-order chi connectivity index (χ1) is 11.4. The van der Waals surface area contributed by atoms with Crippen molar-refractivity contribution in [1.82, 2.24) is 0 Å². The molecule has 0 fully saturated rings. The van der Waals surface area contributed by atoms with Crippen LogP contribution in [0, 0.1) is 0 Å². The predicted molar refractivity (Wildman–Crippen MR) is 96.9 cm³/mol. The Kier molecular flexibility index (Phi) is 6.26. The van der Waals surface area contributed by atoms with E-state index in [1.165, 1.54) is 17.7 Å². The molecule has 2 aromatic carbocycles. The number of carboxylic acid groups (broad SMARTS) is 1. The number of carbonyl (C=O) groups is 1. The van der Waals surface area contributed by atoms with E-state index in [0.29, 0.717) is 22.7 Å². The first-order valence-electron chi connectivity index (χ1n) is 7.89. The van der Waals surface area contributed by atoms with Crippen LogP contribution in [0.2, 0.25) is 0 Å². The average Bonchev–Trinajstić information content (AvgIpc) is 2.55. The molecule has 2 N–H and O–H groups in total. The molecular weight excluding hydrogens is 372 g/mol. The number of hydrogen-bond donors (Lipinski definition) is 2. The Morgan fingerprint density at radius 1 is 1.25 bits per heavy atom. The summed E-state index contributed by atoms with van der Waals surface area (Å²) in [5.41, 5.74) is 2.16. The molecule has 0 aliphatic rings. The number of aromatic hydroxyl groups is 1. The second kappa shape index (κ2) is 8.20. The molecule has 1 atom stereocenters. The minimum absolute atomic E-state index is 0.163. The van der Waals surface area contributed by atoms with Gasteiger partial charge >= 0.3 is 5.97 Å². The van der Waals surface area contributed by atoms with Crippen molar-refractivity contribution in [2.24, 2.45) is 0 Å². The maximum atomic E-state index is 11.0. The number of carboxylic acids is 1. The number of phenols is 1. The SMILES string of the molecule is CCCC(C)c1ccc(COc2cc(O)c(C(=O)O)cc2Br)cc1. The van der Waals surface area contributed by atoms with Crippen molar-refractivity contribution in [1.29, 1.82) is 0 Å². The highest BCUT2D eigenvalue weighted by atomic mass is 79.9. The van der Waals surface area contributed by atoms with Crippen molar-refractivity contribution in [2.75, 3.05) is 0 Å². The van der Waals surface area contributed by atoms with E-state index in [2.05, 4.69) is 41.9 Å². The molecule has 0 saturated carbocycles. The van der Waals surface area contributed by atoms with Crippen molar-refractivity contribution in [3.63, 3.8) is 0 Å². The van der Waals surface area contributed by atoms with E-state index >= 15 is 0 Å². The Morgan fingerprint density at radius 2 is 1.92 bits per heavy atom. The summed E-state index contributed by atoms with van der Waals surface area (Å²) in [6.07, 6.45) is 2.33. The molecule has 0 heterocycles. The minimum atomic E-state index is -1.18. The molecule has 0 aromatic heterocycles. The van der Waals surface area contributed by atoms with Gasteiger partial charge in [-0.2, -0.15) is 0 Å². The van der Waals surface area contributed by atoms with Gasteiger partial charge in [-0.1, -0.05) is 44.5 Å². The van der Waals surface area contributed by atoms with Crippen molar-refractivity contribution < 1.29 is 19.7 Å². The summed E-state index contributed by atoms with van der Waals surface area (Å²) in [7, 11) is 0. The van der Waals surface area contributed by atoms with Gasteiger partial charge in [0.05, 0.1) is 4.47 Å². The fraction of sp³-hybridized carbons (Fsp3) is 0.316. The number of hydrogen-bond acceptors (Lipinski definition) is 3. The highest BCUT2D eigenvalue weighted by Gasteiger charge is 2.14. The van der Waals surface area contributed by atoms with Crippen molar-refractivity contribution >= 4 is 21.9 Å². The third-order valence-corrected chi connectivity index (χ3v) is 4.57. The van der Waals surface area contributed by atoms with Gasteiger partial charge in [-0.05, 0) is 45.5 Å². The Labute approximate surface area is 150 Å².